The number of carbonyl (C=O) groups excluding carboxylic acids is 1. The molecule has 1 aromatic rings. The fourth-order valence-electron chi connectivity index (χ4n) is 2.06. The molecule has 1 amide bonds. The highest BCUT2D eigenvalue weighted by molar-refractivity contribution is 5.80. The molecule has 1 heterocycles. The minimum absolute atomic E-state index is 0.0417. The third-order valence-corrected chi connectivity index (χ3v) is 3.15. The number of fused-ring (bicyclic) bond motifs is 1. The van der Waals surface area contributed by atoms with Gasteiger partial charge in [0.1, 0.15) is 11.6 Å². The third-order valence-electron chi connectivity index (χ3n) is 3.15. The Morgan fingerprint density at radius 3 is 3.06 bits per heavy atom. The van der Waals surface area contributed by atoms with Crippen molar-refractivity contribution < 1.29 is 18.7 Å². The normalized spacial score (nSPS) is 17.8. The predicted octanol–water partition coefficient (Wildman–Crippen LogP) is 1.72. The van der Waals surface area contributed by atoms with Crippen LogP contribution < -0.4 is 10.1 Å². The molecule has 2 aliphatic rings. The average Bonchev–Trinajstić information content (AvgIpc) is 3.19. The summed E-state index contributed by atoms with van der Waals surface area (Å²) in [6.07, 6.45) is 1.91. The Labute approximate surface area is 104 Å². The average molecular weight is 251 g/mol. The minimum Gasteiger partial charge on any atom is -0.467 e. The first kappa shape index (κ1) is 11.5. The van der Waals surface area contributed by atoms with E-state index in [1.807, 2.05) is 0 Å². The number of ether oxygens (including phenoxy) is 2. The Bertz CT molecular complexity index is 485. The van der Waals surface area contributed by atoms with Crippen molar-refractivity contribution >= 4 is 5.91 Å². The van der Waals surface area contributed by atoms with E-state index in [2.05, 4.69) is 5.32 Å². The third kappa shape index (κ3) is 2.31. The van der Waals surface area contributed by atoms with Gasteiger partial charge in [-0.05, 0) is 25.0 Å². The molecule has 0 radical (unpaired) electrons. The maximum atomic E-state index is 13.4. The topological polar surface area (TPSA) is 47.6 Å². The smallest absolute Gasteiger partial charge is 0.223 e. The van der Waals surface area contributed by atoms with Crippen LogP contribution in [0.3, 0.4) is 0 Å². The van der Waals surface area contributed by atoms with Gasteiger partial charge >= 0.3 is 0 Å². The summed E-state index contributed by atoms with van der Waals surface area (Å²) in [7, 11) is 0. The van der Waals surface area contributed by atoms with Crippen LogP contribution in [-0.2, 0) is 22.7 Å². The number of benzene rings is 1. The van der Waals surface area contributed by atoms with Gasteiger partial charge in [-0.3, -0.25) is 4.79 Å². The molecule has 96 valence electrons. The molecule has 4 nitrogen and oxygen atoms in total. The maximum Gasteiger partial charge on any atom is 0.223 e. The first-order chi connectivity index (χ1) is 8.74. The second-order valence-electron chi connectivity index (χ2n) is 4.66. The fraction of sp³-hybridized carbons (Fsp3) is 0.462. The lowest BCUT2D eigenvalue weighted by molar-refractivity contribution is -0.122. The SMILES string of the molecule is O=C(NCc1cc(F)cc2c1OCOC2)C1CC1. The summed E-state index contributed by atoms with van der Waals surface area (Å²) in [4.78, 5) is 11.6. The van der Waals surface area contributed by atoms with Gasteiger partial charge in [0.05, 0.1) is 6.61 Å². The van der Waals surface area contributed by atoms with Gasteiger partial charge in [-0.2, -0.15) is 0 Å². The van der Waals surface area contributed by atoms with Gasteiger partial charge in [0.25, 0.3) is 0 Å². The summed E-state index contributed by atoms with van der Waals surface area (Å²) in [5, 5.41) is 2.81. The van der Waals surface area contributed by atoms with Crippen LogP contribution in [0.5, 0.6) is 5.75 Å². The summed E-state index contributed by atoms with van der Waals surface area (Å²) in [5.74, 6) is 0.496. The van der Waals surface area contributed by atoms with Crippen LogP contribution in [0.25, 0.3) is 0 Å². The van der Waals surface area contributed by atoms with E-state index in [0.717, 1.165) is 12.8 Å². The molecule has 1 aliphatic carbocycles. The van der Waals surface area contributed by atoms with Crippen molar-refractivity contribution in [3.8, 4) is 5.75 Å². The van der Waals surface area contributed by atoms with E-state index < -0.39 is 0 Å². The largest absolute Gasteiger partial charge is 0.467 e. The van der Waals surface area contributed by atoms with Gasteiger partial charge in [-0.15, -0.1) is 0 Å². The Morgan fingerprint density at radius 1 is 1.44 bits per heavy atom. The van der Waals surface area contributed by atoms with Gasteiger partial charge in [0.2, 0.25) is 5.91 Å². The first-order valence-corrected chi connectivity index (χ1v) is 6.03. The van der Waals surface area contributed by atoms with E-state index in [0.29, 0.717) is 30.0 Å². The fourth-order valence-corrected chi connectivity index (χ4v) is 2.06. The number of hydrogen-bond acceptors (Lipinski definition) is 3. The molecule has 1 aliphatic heterocycles. The van der Waals surface area contributed by atoms with Gasteiger partial charge in [0, 0.05) is 23.6 Å². The maximum absolute atomic E-state index is 13.4. The van der Waals surface area contributed by atoms with Crippen LogP contribution in [0, 0.1) is 11.7 Å². The number of rotatable bonds is 3. The van der Waals surface area contributed by atoms with Gasteiger partial charge in [0.15, 0.2) is 6.79 Å². The van der Waals surface area contributed by atoms with Crippen molar-refractivity contribution in [2.24, 2.45) is 5.92 Å². The molecule has 0 unspecified atom stereocenters. The van der Waals surface area contributed by atoms with Gasteiger partial charge in [-0.25, -0.2) is 4.39 Å². The lowest BCUT2D eigenvalue weighted by Crippen LogP contribution is -2.25. The highest BCUT2D eigenvalue weighted by atomic mass is 19.1. The zero-order chi connectivity index (χ0) is 12.5. The lowest BCUT2D eigenvalue weighted by Gasteiger charge is -2.21. The van der Waals surface area contributed by atoms with Crippen LogP contribution in [0.1, 0.15) is 24.0 Å². The monoisotopic (exact) mass is 251 g/mol. The van der Waals surface area contributed by atoms with E-state index in [1.54, 1.807) is 0 Å². The summed E-state index contributed by atoms with van der Waals surface area (Å²) in [5.41, 5.74) is 1.36. The van der Waals surface area contributed by atoms with E-state index in [9.17, 15) is 9.18 Å². The van der Waals surface area contributed by atoms with Gasteiger partial charge < -0.3 is 14.8 Å². The zero-order valence-corrected chi connectivity index (χ0v) is 9.87. The summed E-state index contributed by atoms with van der Waals surface area (Å²) < 4.78 is 23.9. The number of carbonyl (C=O) groups is 1. The van der Waals surface area contributed by atoms with E-state index in [4.69, 9.17) is 9.47 Å². The standard InChI is InChI=1S/C13H14FNO3/c14-11-3-9(5-15-13(16)8-1-2-8)12-10(4-11)6-17-7-18-12/h3-4,8H,1-2,5-7H2,(H,15,16). The van der Waals surface area contributed by atoms with Crippen molar-refractivity contribution in [3.05, 3.63) is 29.1 Å². The molecule has 5 heteroatoms. The Hall–Kier alpha value is -1.62. The molecule has 3 rings (SSSR count). The molecule has 18 heavy (non-hydrogen) atoms. The van der Waals surface area contributed by atoms with E-state index in [-0.39, 0.29) is 24.4 Å². The number of halogens is 1. The van der Waals surface area contributed by atoms with Crippen molar-refractivity contribution in [1.82, 2.24) is 5.32 Å². The summed E-state index contributed by atoms with van der Waals surface area (Å²) >= 11 is 0. The molecule has 1 fully saturated rings. The molecule has 1 aromatic carbocycles. The summed E-state index contributed by atoms with van der Waals surface area (Å²) in [6.45, 7) is 0.814. The summed E-state index contributed by atoms with van der Waals surface area (Å²) in [6, 6.07) is 2.80. The molecular formula is C13H14FNO3. The van der Waals surface area contributed by atoms with Crippen LogP contribution in [0.4, 0.5) is 4.39 Å². The van der Waals surface area contributed by atoms with Gasteiger partial charge in [-0.1, -0.05) is 0 Å². The molecule has 0 saturated heterocycles. The molecule has 0 atom stereocenters. The Balaban J connectivity index is 1.77. The molecule has 0 spiro atoms. The first-order valence-electron chi connectivity index (χ1n) is 6.03. The van der Waals surface area contributed by atoms with Crippen molar-refractivity contribution in [3.63, 3.8) is 0 Å². The van der Waals surface area contributed by atoms with Crippen LogP contribution in [0.15, 0.2) is 12.1 Å². The highest BCUT2D eigenvalue weighted by Gasteiger charge is 2.29. The molecule has 0 aromatic heterocycles. The minimum atomic E-state index is -0.335. The second kappa shape index (κ2) is 4.57. The number of amides is 1. The lowest BCUT2D eigenvalue weighted by atomic mass is 10.1. The zero-order valence-electron chi connectivity index (χ0n) is 9.87. The van der Waals surface area contributed by atoms with Crippen molar-refractivity contribution in [2.75, 3.05) is 6.79 Å². The highest BCUT2D eigenvalue weighted by Crippen LogP contribution is 2.31. The molecule has 1 N–H and O–H groups in total. The Morgan fingerprint density at radius 2 is 2.28 bits per heavy atom. The van der Waals surface area contributed by atoms with Crippen molar-refractivity contribution in [2.45, 2.75) is 26.0 Å². The Kier molecular flexibility index (Phi) is 2.91. The molecule has 0 bridgehead atoms. The number of nitrogens with one attached hydrogen (secondary N) is 1. The molecule has 1 saturated carbocycles. The quantitative estimate of drug-likeness (QED) is 0.889. The molecular weight excluding hydrogens is 237 g/mol. The van der Waals surface area contributed by atoms with E-state index >= 15 is 0 Å². The van der Waals surface area contributed by atoms with E-state index in [1.165, 1.54) is 12.1 Å². The van der Waals surface area contributed by atoms with Crippen molar-refractivity contribution in [1.29, 1.82) is 0 Å². The van der Waals surface area contributed by atoms with Crippen LogP contribution in [-0.4, -0.2) is 12.7 Å². The number of hydrogen-bond donors (Lipinski definition) is 1. The van der Waals surface area contributed by atoms with Crippen LogP contribution >= 0.6 is 0 Å². The van der Waals surface area contributed by atoms with Crippen LogP contribution in [0.2, 0.25) is 0 Å². The second-order valence-corrected chi connectivity index (χ2v) is 4.66. The predicted molar refractivity (Wildman–Crippen MR) is 61.3 cm³/mol.